The van der Waals surface area contributed by atoms with Crippen LogP contribution < -0.4 is 4.72 Å². The first-order valence-electron chi connectivity index (χ1n) is 7.08. The van der Waals surface area contributed by atoms with Gasteiger partial charge in [0.05, 0.1) is 24.2 Å². The van der Waals surface area contributed by atoms with E-state index in [-0.39, 0.29) is 10.4 Å². The Labute approximate surface area is 152 Å². The van der Waals surface area contributed by atoms with Crippen LogP contribution in [0.25, 0.3) is 11.0 Å². The Hall–Kier alpha value is -2.07. The zero-order chi connectivity index (χ0) is 18.0. The number of carbonyl (C=O) groups is 1. The maximum Gasteiger partial charge on any atom is 0.305 e. The summed E-state index contributed by atoms with van der Waals surface area (Å²) in [5.41, 5.74) is 1.22. The molecule has 0 bridgehead atoms. The van der Waals surface area contributed by atoms with Crippen LogP contribution in [0.5, 0.6) is 0 Å². The van der Waals surface area contributed by atoms with Gasteiger partial charge in [-0.2, -0.15) is 8.75 Å². The maximum absolute atomic E-state index is 12.8. The minimum Gasteiger partial charge on any atom is -0.481 e. The lowest BCUT2D eigenvalue weighted by molar-refractivity contribution is -0.137. The Bertz CT molecular complexity index is 1020. The van der Waals surface area contributed by atoms with Crippen molar-refractivity contribution in [1.29, 1.82) is 0 Å². The Morgan fingerprint density at radius 3 is 2.60 bits per heavy atom. The molecule has 0 saturated heterocycles. The molecule has 0 radical (unpaired) electrons. The second-order valence-corrected chi connectivity index (χ2v) is 7.86. The first-order chi connectivity index (χ1) is 11.9. The van der Waals surface area contributed by atoms with Crippen molar-refractivity contribution in [3.8, 4) is 0 Å². The summed E-state index contributed by atoms with van der Waals surface area (Å²) in [6.45, 7) is 0. The number of nitrogens with zero attached hydrogens (tertiary/aromatic N) is 2. The van der Waals surface area contributed by atoms with Gasteiger partial charge in [0.25, 0.3) is 0 Å². The number of hydrogen-bond donors (Lipinski definition) is 2. The van der Waals surface area contributed by atoms with Crippen LogP contribution in [0.4, 0.5) is 0 Å². The molecule has 1 atom stereocenters. The molecular formula is C15H12ClN3O4S2. The van der Waals surface area contributed by atoms with Crippen LogP contribution >= 0.6 is 23.3 Å². The van der Waals surface area contributed by atoms with Gasteiger partial charge in [-0.3, -0.25) is 4.79 Å². The van der Waals surface area contributed by atoms with Crippen LogP contribution in [-0.2, 0) is 14.8 Å². The highest BCUT2D eigenvalue weighted by molar-refractivity contribution is 7.89. The van der Waals surface area contributed by atoms with E-state index in [1.165, 1.54) is 6.07 Å². The number of aromatic nitrogens is 2. The van der Waals surface area contributed by atoms with E-state index in [9.17, 15) is 13.2 Å². The molecule has 10 heteroatoms. The molecule has 0 spiro atoms. The highest BCUT2D eigenvalue weighted by Crippen LogP contribution is 2.25. The fourth-order valence-corrected chi connectivity index (χ4v) is 4.46. The number of rotatable bonds is 6. The molecule has 0 aliphatic carbocycles. The minimum atomic E-state index is -4.00. The molecule has 0 aliphatic heterocycles. The average Bonchev–Trinajstić information content (AvgIpc) is 3.02. The lowest BCUT2D eigenvalue weighted by Gasteiger charge is -2.18. The normalized spacial score (nSPS) is 13.0. The van der Waals surface area contributed by atoms with Gasteiger partial charge in [-0.05, 0) is 29.8 Å². The third-order valence-corrected chi connectivity index (χ3v) is 5.78. The second-order valence-electron chi connectivity index (χ2n) is 5.21. The standard InChI is InChI=1S/C15H12ClN3O4S2/c16-10-6-4-9(5-7-10)12(8-14(20)21)19-25(22,23)13-3-1-2-11-15(13)18-24-17-11/h1-7,12,19H,8H2,(H,20,21). The van der Waals surface area contributed by atoms with Crippen LogP contribution in [0.15, 0.2) is 47.4 Å². The third kappa shape index (κ3) is 3.96. The number of hydrogen-bond acceptors (Lipinski definition) is 6. The van der Waals surface area contributed by atoms with Crippen LogP contribution in [0, 0.1) is 0 Å². The van der Waals surface area contributed by atoms with Crippen molar-refractivity contribution in [1.82, 2.24) is 13.5 Å². The van der Waals surface area contributed by atoms with Crippen molar-refractivity contribution in [2.24, 2.45) is 0 Å². The van der Waals surface area contributed by atoms with Crippen LogP contribution in [0.3, 0.4) is 0 Å². The van der Waals surface area contributed by atoms with Crippen molar-refractivity contribution in [3.05, 3.63) is 53.1 Å². The molecule has 2 aromatic carbocycles. The Balaban J connectivity index is 1.99. The van der Waals surface area contributed by atoms with Gasteiger partial charge < -0.3 is 5.11 Å². The lowest BCUT2D eigenvalue weighted by Crippen LogP contribution is -2.30. The largest absolute Gasteiger partial charge is 0.481 e. The SMILES string of the molecule is O=C(O)CC(NS(=O)(=O)c1cccc2nsnc12)c1ccc(Cl)cc1. The number of sulfonamides is 1. The van der Waals surface area contributed by atoms with E-state index in [0.717, 1.165) is 11.7 Å². The summed E-state index contributed by atoms with van der Waals surface area (Å²) < 4.78 is 36.0. The molecule has 2 N–H and O–H groups in total. The summed E-state index contributed by atoms with van der Waals surface area (Å²) in [6, 6.07) is 10.0. The van der Waals surface area contributed by atoms with E-state index >= 15 is 0 Å². The lowest BCUT2D eigenvalue weighted by atomic mass is 10.1. The number of nitrogens with one attached hydrogen (secondary N) is 1. The molecule has 0 aliphatic rings. The topological polar surface area (TPSA) is 109 Å². The quantitative estimate of drug-likeness (QED) is 0.661. The minimum absolute atomic E-state index is 0.0388. The predicted molar refractivity (Wildman–Crippen MR) is 94.2 cm³/mol. The monoisotopic (exact) mass is 397 g/mol. The van der Waals surface area contributed by atoms with Crippen molar-refractivity contribution >= 4 is 50.4 Å². The molecule has 7 nitrogen and oxygen atoms in total. The van der Waals surface area contributed by atoms with Crippen molar-refractivity contribution in [2.45, 2.75) is 17.4 Å². The highest BCUT2D eigenvalue weighted by Gasteiger charge is 2.26. The molecule has 25 heavy (non-hydrogen) atoms. The van der Waals surface area contributed by atoms with Crippen molar-refractivity contribution in [2.75, 3.05) is 0 Å². The molecule has 1 unspecified atom stereocenters. The van der Waals surface area contributed by atoms with E-state index in [4.69, 9.17) is 16.7 Å². The summed E-state index contributed by atoms with van der Waals surface area (Å²) in [4.78, 5) is 11.1. The molecule has 0 saturated carbocycles. The van der Waals surface area contributed by atoms with Crippen molar-refractivity contribution in [3.63, 3.8) is 0 Å². The fraction of sp³-hybridized carbons (Fsp3) is 0.133. The third-order valence-electron chi connectivity index (χ3n) is 3.49. The van der Waals surface area contributed by atoms with Gasteiger partial charge in [-0.25, -0.2) is 13.1 Å². The first-order valence-corrected chi connectivity index (χ1v) is 9.67. The van der Waals surface area contributed by atoms with E-state index in [1.807, 2.05) is 0 Å². The number of benzene rings is 2. The summed E-state index contributed by atoms with van der Waals surface area (Å²) in [7, 11) is -4.00. The molecule has 3 aromatic rings. The molecule has 1 aromatic heterocycles. The molecular weight excluding hydrogens is 386 g/mol. The van der Waals surface area contributed by atoms with Crippen LogP contribution in [-0.4, -0.2) is 28.2 Å². The molecule has 0 amide bonds. The van der Waals surface area contributed by atoms with E-state index in [2.05, 4.69) is 13.5 Å². The van der Waals surface area contributed by atoms with Gasteiger partial charge in [-0.15, -0.1) is 0 Å². The van der Waals surface area contributed by atoms with Gasteiger partial charge in [0.1, 0.15) is 15.9 Å². The van der Waals surface area contributed by atoms with Gasteiger partial charge in [-0.1, -0.05) is 29.8 Å². The van der Waals surface area contributed by atoms with Gasteiger partial charge >= 0.3 is 5.97 Å². The number of carboxylic acids is 1. The Morgan fingerprint density at radius 2 is 1.92 bits per heavy atom. The van der Waals surface area contributed by atoms with Gasteiger partial charge in [0.15, 0.2) is 0 Å². The molecule has 0 fully saturated rings. The molecule has 1 heterocycles. The fourth-order valence-electron chi connectivity index (χ4n) is 2.35. The van der Waals surface area contributed by atoms with E-state index in [0.29, 0.717) is 16.1 Å². The average molecular weight is 398 g/mol. The number of halogens is 1. The summed E-state index contributed by atoms with van der Waals surface area (Å²) in [5.74, 6) is -1.13. The highest BCUT2D eigenvalue weighted by atomic mass is 35.5. The van der Waals surface area contributed by atoms with Crippen molar-refractivity contribution < 1.29 is 18.3 Å². The van der Waals surface area contributed by atoms with E-state index < -0.39 is 28.5 Å². The second kappa shape index (κ2) is 7.04. The van der Waals surface area contributed by atoms with Gasteiger partial charge in [0, 0.05) is 5.02 Å². The number of fused-ring (bicyclic) bond motifs is 1. The Kier molecular flexibility index (Phi) is 5.00. The number of carboxylic acid groups (broad SMARTS) is 1. The maximum atomic E-state index is 12.8. The smallest absolute Gasteiger partial charge is 0.305 e. The zero-order valence-electron chi connectivity index (χ0n) is 12.6. The summed E-state index contributed by atoms with van der Waals surface area (Å²) in [6.07, 6.45) is -0.411. The summed E-state index contributed by atoms with van der Waals surface area (Å²) >= 11 is 6.74. The van der Waals surface area contributed by atoms with Gasteiger partial charge in [0.2, 0.25) is 10.0 Å². The van der Waals surface area contributed by atoms with Crippen LogP contribution in [0.1, 0.15) is 18.0 Å². The zero-order valence-corrected chi connectivity index (χ0v) is 15.0. The number of aliphatic carboxylic acids is 1. The first kappa shape index (κ1) is 17.7. The van der Waals surface area contributed by atoms with E-state index in [1.54, 1.807) is 36.4 Å². The predicted octanol–water partition coefficient (Wildman–Crippen LogP) is 2.84. The Morgan fingerprint density at radius 1 is 1.20 bits per heavy atom. The molecule has 130 valence electrons. The molecule has 3 rings (SSSR count). The van der Waals surface area contributed by atoms with Crippen LogP contribution in [0.2, 0.25) is 5.02 Å². The summed E-state index contributed by atoms with van der Waals surface area (Å²) in [5, 5.41) is 9.60.